The Morgan fingerprint density at radius 3 is 2.73 bits per heavy atom. The fraction of sp³-hybridized carbons (Fsp3) is 0.161. The Hall–Kier alpha value is -4.58. The molecular weight excluding hydrogens is 464 g/mol. The molecule has 5 rings (SSSR count). The summed E-state index contributed by atoms with van der Waals surface area (Å²) >= 11 is 0. The highest BCUT2D eigenvalue weighted by atomic mass is 16.5. The number of aromatic nitrogens is 1. The van der Waals surface area contributed by atoms with Gasteiger partial charge in [0.05, 0.1) is 31.2 Å². The van der Waals surface area contributed by atoms with Gasteiger partial charge < -0.3 is 19.2 Å². The lowest BCUT2D eigenvalue weighted by molar-refractivity contribution is -0.111. The van der Waals surface area contributed by atoms with Crippen molar-refractivity contribution in [3.05, 3.63) is 90.3 Å². The molecule has 1 amide bonds. The van der Waals surface area contributed by atoms with Crippen molar-refractivity contribution in [2.45, 2.75) is 20.8 Å². The van der Waals surface area contributed by atoms with Gasteiger partial charge in [0.2, 0.25) is 5.91 Å². The van der Waals surface area contributed by atoms with Gasteiger partial charge in [-0.15, -0.1) is 0 Å². The molecule has 0 bridgehead atoms. The molecule has 1 N–H and O–H groups in total. The number of rotatable bonds is 7. The number of allylic oxidation sites excluding steroid dienone is 1. The van der Waals surface area contributed by atoms with Crippen LogP contribution in [0.5, 0.6) is 11.5 Å². The molecule has 0 aliphatic carbocycles. The summed E-state index contributed by atoms with van der Waals surface area (Å²) in [6.07, 6.45) is 5.09. The van der Waals surface area contributed by atoms with E-state index in [1.807, 2.05) is 81.4 Å². The molecule has 0 unspecified atom stereocenters. The predicted octanol–water partition coefficient (Wildman–Crippen LogP) is 7.41. The van der Waals surface area contributed by atoms with E-state index < -0.39 is 0 Å². The smallest absolute Gasteiger partial charge is 0.248 e. The van der Waals surface area contributed by atoms with Gasteiger partial charge in [0, 0.05) is 39.7 Å². The van der Waals surface area contributed by atoms with Crippen LogP contribution < -0.4 is 14.8 Å². The Kier molecular flexibility index (Phi) is 6.64. The van der Waals surface area contributed by atoms with Crippen molar-refractivity contribution in [1.29, 1.82) is 0 Å². The Balaban J connectivity index is 1.57. The molecule has 0 saturated heterocycles. The summed E-state index contributed by atoms with van der Waals surface area (Å²) in [6.45, 7) is 6.33. The minimum absolute atomic E-state index is 0.228. The zero-order chi connectivity index (χ0) is 25.9. The quantitative estimate of drug-likeness (QED) is 0.240. The van der Waals surface area contributed by atoms with Gasteiger partial charge in [-0.2, -0.15) is 0 Å². The highest BCUT2D eigenvalue weighted by molar-refractivity contribution is 6.09. The first-order valence-electron chi connectivity index (χ1n) is 12.2. The van der Waals surface area contributed by atoms with E-state index in [2.05, 4.69) is 10.3 Å². The van der Waals surface area contributed by atoms with E-state index in [4.69, 9.17) is 13.9 Å². The van der Waals surface area contributed by atoms with Crippen molar-refractivity contribution in [2.75, 3.05) is 19.0 Å². The number of aryl methyl sites for hydroxylation is 1. The number of methoxy groups -OCH3 is 1. The van der Waals surface area contributed by atoms with Gasteiger partial charge in [-0.05, 0) is 74.4 Å². The van der Waals surface area contributed by atoms with Crippen molar-refractivity contribution < 1.29 is 18.7 Å². The molecular formula is C31H28N2O4. The summed E-state index contributed by atoms with van der Waals surface area (Å²) in [6, 6.07) is 19.4. The van der Waals surface area contributed by atoms with Crippen LogP contribution >= 0.6 is 0 Å². The molecule has 3 aromatic carbocycles. The molecule has 6 heteroatoms. The number of carbonyl (C=O) groups is 1. The first-order chi connectivity index (χ1) is 18.0. The van der Waals surface area contributed by atoms with Crippen LogP contribution in [-0.4, -0.2) is 24.6 Å². The number of carbonyl (C=O) groups excluding carboxylic acids is 1. The van der Waals surface area contributed by atoms with Gasteiger partial charge in [-0.25, -0.2) is 0 Å². The molecule has 2 heterocycles. The van der Waals surface area contributed by atoms with Crippen molar-refractivity contribution in [3.8, 4) is 22.6 Å². The summed E-state index contributed by atoms with van der Waals surface area (Å²) < 4.78 is 17.5. The van der Waals surface area contributed by atoms with Crippen molar-refractivity contribution in [2.24, 2.45) is 0 Å². The number of hydrogen-bond donors (Lipinski definition) is 1. The second-order valence-corrected chi connectivity index (χ2v) is 8.76. The van der Waals surface area contributed by atoms with E-state index in [9.17, 15) is 4.79 Å². The number of anilines is 1. The van der Waals surface area contributed by atoms with Crippen molar-refractivity contribution in [3.63, 3.8) is 0 Å². The average Bonchev–Trinajstić information content (AvgIpc) is 3.35. The van der Waals surface area contributed by atoms with Gasteiger partial charge in [-0.3, -0.25) is 9.78 Å². The number of furan rings is 1. The van der Waals surface area contributed by atoms with E-state index in [-0.39, 0.29) is 5.91 Å². The molecule has 0 aliphatic heterocycles. The van der Waals surface area contributed by atoms with Crippen LogP contribution in [0, 0.1) is 6.92 Å². The molecule has 0 atom stereocenters. The molecule has 186 valence electrons. The van der Waals surface area contributed by atoms with Crippen LogP contribution in [0.3, 0.4) is 0 Å². The maximum atomic E-state index is 13.1. The van der Waals surface area contributed by atoms with Gasteiger partial charge in [0.15, 0.2) is 0 Å². The lowest BCUT2D eigenvalue weighted by Gasteiger charge is -2.15. The van der Waals surface area contributed by atoms with Gasteiger partial charge in [0.1, 0.15) is 17.1 Å². The maximum Gasteiger partial charge on any atom is 0.248 e. The van der Waals surface area contributed by atoms with Crippen LogP contribution in [0.2, 0.25) is 0 Å². The number of nitrogens with zero attached hydrogens (tertiary/aromatic N) is 1. The number of hydrogen-bond acceptors (Lipinski definition) is 5. The lowest BCUT2D eigenvalue weighted by Crippen LogP contribution is -2.09. The Morgan fingerprint density at radius 1 is 1.08 bits per heavy atom. The molecule has 0 saturated carbocycles. The number of pyridine rings is 1. The second kappa shape index (κ2) is 10.2. The van der Waals surface area contributed by atoms with Gasteiger partial charge >= 0.3 is 0 Å². The van der Waals surface area contributed by atoms with Gasteiger partial charge in [0.25, 0.3) is 0 Å². The summed E-state index contributed by atoms with van der Waals surface area (Å²) in [5, 5.41) is 4.83. The first-order valence-corrected chi connectivity index (χ1v) is 12.2. The standard InChI is InChI=1S/C31H28N2O4/c1-5-36-30-20(3)31-25(26(18-37-31)21-9-6-10-22(16-21)35-4)17-24(30)19(2)15-29(34)33-28-13-7-12-27-23(28)11-8-14-32-27/h6-18H,5H2,1-4H3,(H,33,34)/b19-15+. The zero-order valence-electron chi connectivity index (χ0n) is 21.3. The summed E-state index contributed by atoms with van der Waals surface area (Å²) in [5.41, 5.74) is 6.73. The predicted molar refractivity (Wildman–Crippen MR) is 148 cm³/mol. The highest BCUT2D eigenvalue weighted by Crippen LogP contribution is 2.41. The molecule has 5 aromatic rings. The monoisotopic (exact) mass is 492 g/mol. The third-order valence-corrected chi connectivity index (χ3v) is 6.39. The number of ether oxygens (including phenoxy) is 2. The minimum atomic E-state index is -0.228. The molecule has 37 heavy (non-hydrogen) atoms. The third kappa shape index (κ3) is 4.66. The van der Waals surface area contributed by atoms with E-state index in [1.54, 1.807) is 25.6 Å². The third-order valence-electron chi connectivity index (χ3n) is 6.39. The van der Waals surface area contributed by atoms with Crippen LogP contribution in [0.1, 0.15) is 25.0 Å². The van der Waals surface area contributed by atoms with Crippen LogP contribution in [0.25, 0.3) is 38.6 Å². The highest BCUT2D eigenvalue weighted by Gasteiger charge is 2.19. The van der Waals surface area contributed by atoms with Gasteiger partial charge in [-0.1, -0.05) is 18.2 Å². The number of fused-ring (bicyclic) bond motifs is 2. The fourth-order valence-electron chi connectivity index (χ4n) is 4.61. The Bertz CT molecular complexity index is 1640. The SMILES string of the molecule is CCOc1c(/C(C)=C/C(=O)Nc2cccc3ncccc23)cc2c(-c3cccc(OC)c3)coc2c1C. The minimum Gasteiger partial charge on any atom is -0.497 e. The molecule has 0 aliphatic rings. The van der Waals surface area contributed by atoms with Crippen LogP contribution in [-0.2, 0) is 4.79 Å². The molecule has 6 nitrogen and oxygen atoms in total. The summed E-state index contributed by atoms with van der Waals surface area (Å²) in [5.74, 6) is 1.25. The molecule has 2 aromatic heterocycles. The zero-order valence-corrected chi connectivity index (χ0v) is 21.3. The van der Waals surface area contributed by atoms with E-state index in [0.717, 1.165) is 55.4 Å². The van der Waals surface area contributed by atoms with Crippen molar-refractivity contribution >= 4 is 39.0 Å². The summed E-state index contributed by atoms with van der Waals surface area (Å²) in [4.78, 5) is 17.5. The normalized spacial score (nSPS) is 11.6. The number of benzene rings is 3. The topological polar surface area (TPSA) is 73.6 Å². The Morgan fingerprint density at radius 2 is 1.92 bits per heavy atom. The largest absolute Gasteiger partial charge is 0.497 e. The van der Waals surface area contributed by atoms with Crippen molar-refractivity contribution in [1.82, 2.24) is 4.98 Å². The van der Waals surface area contributed by atoms with E-state index in [1.165, 1.54) is 0 Å². The molecule has 0 radical (unpaired) electrons. The molecule has 0 fully saturated rings. The molecule has 0 spiro atoms. The number of amides is 1. The first kappa shape index (κ1) is 24.1. The van der Waals surface area contributed by atoms with Crippen LogP contribution in [0.4, 0.5) is 5.69 Å². The average molecular weight is 493 g/mol. The fourth-order valence-corrected chi connectivity index (χ4v) is 4.61. The number of nitrogens with one attached hydrogen (secondary N) is 1. The maximum absolute atomic E-state index is 13.1. The van der Waals surface area contributed by atoms with E-state index >= 15 is 0 Å². The second-order valence-electron chi connectivity index (χ2n) is 8.76. The van der Waals surface area contributed by atoms with Crippen LogP contribution in [0.15, 0.2) is 83.6 Å². The lowest BCUT2D eigenvalue weighted by atomic mass is 9.96. The van der Waals surface area contributed by atoms with E-state index in [0.29, 0.717) is 18.0 Å². The summed E-state index contributed by atoms with van der Waals surface area (Å²) in [7, 11) is 1.65. The Labute approximate surface area is 215 Å².